The molecule has 1 rings (SSSR count). The Morgan fingerprint density at radius 2 is 2.00 bits per heavy atom. The van der Waals surface area contributed by atoms with E-state index in [4.69, 9.17) is 10.5 Å². The monoisotopic (exact) mass is 301 g/mol. The first-order valence-corrected chi connectivity index (χ1v) is 6.80. The van der Waals surface area contributed by atoms with E-state index in [-0.39, 0.29) is 13.0 Å². The fourth-order valence-electron chi connectivity index (χ4n) is 1.56. The quantitative estimate of drug-likeness (QED) is 0.505. The molecule has 0 saturated carbocycles. The van der Waals surface area contributed by atoms with Gasteiger partial charge in [0.15, 0.2) is 5.54 Å². The van der Waals surface area contributed by atoms with Crippen LogP contribution < -0.4 is 5.73 Å². The number of hydrogen-bond acceptors (Lipinski definition) is 5. The van der Waals surface area contributed by atoms with E-state index in [1.54, 1.807) is 6.92 Å². The first-order chi connectivity index (χ1) is 10.5. The summed E-state index contributed by atoms with van der Waals surface area (Å²) >= 11 is 0. The van der Waals surface area contributed by atoms with Gasteiger partial charge in [-0.05, 0) is 19.1 Å². The lowest BCUT2D eigenvalue weighted by atomic mass is 9.96. The topological polar surface area (TPSA) is 78.6 Å². The average Bonchev–Trinajstić information content (AvgIpc) is 2.54. The predicted octanol–water partition coefficient (Wildman–Crippen LogP) is 1.42. The third kappa shape index (κ3) is 5.43. The summed E-state index contributed by atoms with van der Waals surface area (Å²) in [6, 6.07) is 9.16. The average molecular weight is 301 g/mol. The van der Waals surface area contributed by atoms with Crippen molar-refractivity contribution < 1.29 is 19.1 Å². The second kappa shape index (κ2) is 8.65. The zero-order chi connectivity index (χ0) is 16.4. The van der Waals surface area contributed by atoms with Crippen LogP contribution in [0.5, 0.6) is 0 Å². The van der Waals surface area contributed by atoms with Gasteiger partial charge in [0.05, 0.1) is 13.7 Å². The zero-order valence-corrected chi connectivity index (χ0v) is 12.7. The van der Waals surface area contributed by atoms with E-state index >= 15 is 0 Å². The molecule has 0 radical (unpaired) electrons. The number of benzene rings is 1. The van der Waals surface area contributed by atoms with Crippen LogP contribution in [0.2, 0.25) is 0 Å². The third-order valence-electron chi connectivity index (χ3n) is 2.74. The lowest BCUT2D eigenvalue weighted by molar-refractivity contribution is -0.147. The van der Waals surface area contributed by atoms with Gasteiger partial charge < -0.3 is 15.2 Å². The summed E-state index contributed by atoms with van der Waals surface area (Å²) in [4.78, 5) is 23.1. The number of esters is 2. The van der Waals surface area contributed by atoms with Crippen molar-refractivity contribution in [1.29, 1.82) is 0 Å². The van der Waals surface area contributed by atoms with Crippen molar-refractivity contribution in [2.24, 2.45) is 5.73 Å². The van der Waals surface area contributed by atoms with Crippen LogP contribution in [-0.4, -0.2) is 31.2 Å². The summed E-state index contributed by atoms with van der Waals surface area (Å²) in [5.41, 5.74) is 5.27. The van der Waals surface area contributed by atoms with Crippen molar-refractivity contribution in [3.63, 3.8) is 0 Å². The second-order valence-electron chi connectivity index (χ2n) is 4.44. The van der Waals surface area contributed by atoms with E-state index in [9.17, 15) is 9.59 Å². The van der Waals surface area contributed by atoms with Crippen molar-refractivity contribution in [1.82, 2.24) is 0 Å². The minimum atomic E-state index is -1.52. The normalized spacial score (nSPS) is 12.9. The maximum atomic E-state index is 12.0. The van der Waals surface area contributed by atoms with Gasteiger partial charge in [0.25, 0.3) is 0 Å². The third-order valence-corrected chi connectivity index (χ3v) is 2.74. The predicted molar refractivity (Wildman–Crippen MR) is 82.6 cm³/mol. The fourth-order valence-corrected chi connectivity index (χ4v) is 1.56. The molecular formula is C17H19NO4. The van der Waals surface area contributed by atoms with Crippen LogP contribution >= 0.6 is 0 Å². The molecule has 0 amide bonds. The Balaban J connectivity index is 2.97. The van der Waals surface area contributed by atoms with Crippen molar-refractivity contribution in [3.8, 4) is 11.8 Å². The van der Waals surface area contributed by atoms with Crippen LogP contribution in [0, 0.1) is 11.8 Å². The number of carbonyl (C=O) groups is 2. The van der Waals surface area contributed by atoms with Gasteiger partial charge in [0.2, 0.25) is 0 Å². The van der Waals surface area contributed by atoms with Crippen LogP contribution in [0.25, 0.3) is 0 Å². The van der Waals surface area contributed by atoms with Crippen LogP contribution in [-0.2, 0) is 19.1 Å². The molecule has 0 aliphatic rings. The Morgan fingerprint density at radius 1 is 1.32 bits per heavy atom. The van der Waals surface area contributed by atoms with E-state index in [1.807, 2.05) is 30.3 Å². The Hall–Kier alpha value is -2.58. The molecule has 22 heavy (non-hydrogen) atoms. The number of hydrogen-bond donors (Lipinski definition) is 1. The van der Waals surface area contributed by atoms with Crippen molar-refractivity contribution in [2.75, 3.05) is 13.7 Å². The number of nitrogens with two attached hydrogens (primary N) is 1. The van der Waals surface area contributed by atoms with Crippen LogP contribution in [0.1, 0.15) is 18.9 Å². The Morgan fingerprint density at radius 3 is 2.59 bits per heavy atom. The van der Waals surface area contributed by atoms with E-state index in [1.165, 1.54) is 19.3 Å². The number of carbonyl (C=O) groups excluding carboxylic acids is 2. The molecule has 0 unspecified atom stereocenters. The highest BCUT2D eigenvalue weighted by Gasteiger charge is 2.32. The van der Waals surface area contributed by atoms with E-state index in [0.29, 0.717) is 0 Å². The molecule has 1 atom stereocenters. The van der Waals surface area contributed by atoms with Gasteiger partial charge >= 0.3 is 11.9 Å². The molecule has 0 aromatic heterocycles. The van der Waals surface area contributed by atoms with Gasteiger partial charge in [0, 0.05) is 18.1 Å². The Labute approximate surface area is 130 Å². The van der Waals surface area contributed by atoms with Gasteiger partial charge in [0.1, 0.15) is 0 Å². The summed E-state index contributed by atoms with van der Waals surface area (Å²) in [6.45, 7) is 1.89. The molecule has 0 saturated heterocycles. The van der Waals surface area contributed by atoms with E-state index in [2.05, 4.69) is 16.6 Å². The van der Waals surface area contributed by atoms with Crippen molar-refractivity contribution >= 4 is 11.9 Å². The maximum Gasteiger partial charge on any atom is 0.339 e. The SMILES string of the molecule is CCOC(=O)[C@](N)(C#Cc1ccccc1)C/C=C/C(=O)OC. The number of rotatable bonds is 5. The van der Waals surface area contributed by atoms with Crippen LogP contribution in [0.3, 0.4) is 0 Å². The molecular weight excluding hydrogens is 282 g/mol. The minimum Gasteiger partial charge on any atom is -0.466 e. The molecule has 0 aliphatic carbocycles. The van der Waals surface area contributed by atoms with Gasteiger partial charge in [-0.25, -0.2) is 9.59 Å². The molecule has 5 nitrogen and oxygen atoms in total. The molecule has 1 aromatic carbocycles. The van der Waals surface area contributed by atoms with E-state index in [0.717, 1.165) is 5.56 Å². The molecule has 0 bridgehead atoms. The summed E-state index contributed by atoms with van der Waals surface area (Å²) in [6.07, 6.45) is 2.69. The zero-order valence-electron chi connectivity index (χ0n) is 12.7. The molecule has 1 aromatic rings. The fraction of sp³-hybridized carbons (Fsp3) is 0.294. The van der Waals surface area contributed by atoms with Crippen molar-refractivity contribution in [2.45, 2.75) is 18.9 Å². The lowest BCUT2D eigenvalue weighted by Crippen LogP contribution is -2.47. The summed E-state index contributed by atoms with van der Waals surface area (Å²) < 4.78 is 9.45. The molecule has 116 valence electrons. The number of ether oxygens (including phenoxy) is 2. The smallest absolute Gasteiger partial charge is 0.339 e. The molecule has 2 N–H and O–H groups in total. The highest BCUT2D eigenvalue weighted by atomic mass is 16.5. The summed E-state index contributed by atoms with van der Waals surface area (Å²) in [5.74, 6) is 4.43. The molecule has 0 aliphatic heterocycles. The lowest BCUT2D eigenvalue weighted by Gasteiger charge is -2.19. The van der Waals surface area contributed by atoms with Gasteiger partial charge in [-0.1, -0.05) is 36.1 Å². The largest absolute Gasteiger partial charge is 0.466 e. The highest BCUT2D eigenvalue weighted by molar-refractivity contribution is 5.86. The van der Waals surface area contributed by atoms with Gasteiger partial charge in [-0.15, -0.1) is 0 Å². The molecule has 0 spiro atoms. The van der Waals surface area contributed by atoms with E-state index < -0.39 is 17.5 Å². The summed E-state index contributed by atoms with van der Waals surface area (Å²) in [7, 11) is 1.27. The standard InChI is InChI=1S/C17H19NO4/c1-3-22-16(20)17(18,12-7-10-15(19)21-2)13-11-14-8-5-4-6-9-14/h4-10H,3,12,18H2,1-2H3/b10-7+/t17-/m1/s1. The Kier molecular flexibility index (Phi) is 6.87. The first kappa shape index (κ1) is 17.5. The maximum absolute atomic E-state index is 12.0. The Bertz CT molecular complexity index is 598. The van der Waals surface area contributed by atoms with Crippen LogP contribution in [0.4, 0.5) is 0 Å². The van der Waals surface area contributed by atoms with Gasteiger partial charge in [-0.2, -0.15) is 0 Å². The van der Waals surface area contributed by atoms with Crippen molar-refractivity contribution in [3.05, 3.63) is 48.0 Å². The van der Waals surface area contributed by atoms with Gasteiger partial charge in [-0.3, -0.25) is 0 Å². The molecule has 5 heteroatoms. The first-order valence-electron chi connectivity index (χ1n) is 6.80. The molecule has 0 heterocycles. The summed E-state index contributed by atoms with van der Waals surface area (Å²) in [5, 5.41) is 0. The van der Waals surface area contributed by atoms with Crippen LogP contribution in [0.15, 0.2) is 42.5 Å². The number of methoxy groups -OCH3 is 1. The second-order valence-corrected chi connectivity index (χ2v) is 4.44. The highest BCUT2D eigenvalue weighted by Crippen LogP contribution is 2.10. The minimum absolute atomic E-state index is 0.0424. The molecule has 0 fully saturated rings.